The minimum Gasteiger partial charge on any atom is -0.366 e. The summed E-state index contributed by atoms with van der Waals surface area (Å²) in [6.45, 7) is 4.79. The number of fused-ring (bicyclic) bond motifs is 1. The van der Waals surface area contributed by atoms with E-state index < -0.39 is 11.3 Å². The fraction of sp³-hybridized carbons (Fsp3) is 0.591. The third-order valence-corrected chi connectivity index (χ3v) is 6.64. The van der Waals surface area contributed by atoms with E-state index in [0.717, 1.165) is 41.3 Å². The number of carbonyl (C=O) groups is 1. The van der Waals surface area contributed by atoms with Crippen LogP contribution in [0.4, 0.5) is 26.0 Å². The molecule has 1 atom stereocenters. The molecule has 0 aromatic carbocycles. The van der Waals surface area contributed by atoms with Gasteiger partial charge in [0.1, 0.15) is 11.9 Å². The van der Waals surface area contributed by atoms with E-state index in [0.29, 0.717) is 19.0 Å². The second kappa shape index (κ2) is 6.90. The van der Waals surface area contributed by atoms with Crippen LogP contribution in [-0.2, 0) is 17.9 Å². The number of rotatable bonds is 6. The minimum absolute atomic E-state index is 0.0495. The lowest BCUT2D eigenvalue weighted by Gasteiger charge is -2.44. The molecule has 7 nitrogen and oxygen atoms in total. The number of halogens is 2. The van der Waals surface area contributed by atoms with Gasteiger partial charge < -0.3 is 15.5 Å². The van der Waals surface area contributed by atoms with Gasteiger partial charge in [0.05, 0.1) is 23.3 Å². The van der Waals surface area contributed by atoms with Gasteiger partial charge in [0, 0.05) is 50.8 Å². The largest absolute Gasteiger partial charge is 0.366 e. The van der Waals surface area contributed by atoms with Gasteiger partial charge in [-0.2, -0.15) is 5.10 Å². The maximum atomic E-state index is 13.3. The van der Waals surface area contributed by atoms with Gasteiger partial charge in [-0.25, -0.2) is 13.8 Å². The number of pyridine rings is 1. The van der Waals surface area contributed by atoms with Crippen LogP contribution in [0.5, 0.6) is 0 Å². The standard InChI is InChI=1S/C22H28F2N6O/c1-13-18-16(29(3)19(15-4-5-15)20(31)28-18)6-17(27-13)25-7-14-8-26-30(9-14)12-21(2)10-22(23,24)11-21/h6,8-9,15,19H,4-5,7,10-12H2,1-3H3,(H,25,27)(H,28,31). The fourth-order valence-electron chi connectivity index (χ4n) is 5.12. The second-order valence-corrected chi connectivity index (χ2v) is 9.79. The fourth-order valence-corrected chi connectivity index (χ4v) is 5.12. The third kappa shape index (κ3) is 3.85. The maximum Gasteiger partial charge on any atom is 0.249 e. The summed E-state index contributed by atoms with van der Waals surface area (Å²) in [6, 6.07) is 1.85. The predicted molar refractivity (Wildman–Crippen MR) is 114 cm³/mol. The zero-order valence-corrected chi connectivity index (χ0v) is 18.1. The highest BCUT2D eigenvalue weighted by molar-refractivity contribution is 6.04. The summed E-state index contributed by atoms with van der Waals surface area (Å²) in [5, 5.41) is 10.7. The molecule has 0 bridgehead atoms. The molecule has 2 N–H and O–H groups in total. The summed E-state index contributed by atoms with van der Waals surface area (Å²) in [6.07, 6.45) is 5.67. The van der Waals surface area contributed by atoms with E-state index in [4.69, 9.17) is 0 Å². The van der Waals surface area contributed by atoms with Crippen molar-refractivity contribution in [2.75, 3.05) is 22.6 Å². The molecule has 9 heteroatoms. The number of alkyl halides is 2. The Kier molecular flexibility index (Phi) is 4.50. The summed E-state index contributed by atoms with van der Waals surface area (Å²) in [4.78, 5) is 19.2. The number of hydrogen-bond acceptors (Lipinski definition) is 5. The highest BCUT2D eigenvalue weighted by Crippen LogP contribution is 2.52. The van der Waals surface area contributed by atoms with Gasteiger partial charge >= 0.3 is 0 Å². The number of aromatic nitrogens is 3. The first-order valence-electron chi connectivity index (χ1n) is 10.8. The summed E-state index contributed by atoms with van der Waals surface area (Å²) in [7, 11) is 1.97. The van der Waals surface area contributed by atoms with Crippen molar-refractivity contribution in [1.29, 1.82) is 0 Å². The van der Waals surface area contributed by atoms with E-state index in [1.54, 1.807) is 10.9 Å². The van der Waals surface area contributed by atoms with E-state index in [9.17, 15) is 13.6 Å². The number of nitrogens with zero attached hydrogens (tertiary/aromatic N) is 4. The maximum absolute atomic E-state index is 13.3. The summed E-state index contributed by atoms with van der Waals surface area (Å²) in [5.74, 6) is -1.33. The number of carbonyl (C=O) groups excluding carboxylic acids is 1. The van der Waals surface area contributed by atoms with Crippen LogP contribution in [-0.4, -0.2) is 39.7 Å². The van der Waals surface area contributed by atoms with E-state index in [-0.39, 0.29) is 24.8 Å². The van der Waals surface area contributed by atoms with E-state index in [2.05, 4.69) is 25.6 Å². The normalized spacial score (nSPS) is 23.7. The van der Waals surface area contributed by atoms with Crippen molar-refractivity contribution >= 4 is 23.1 Å². The number of amides is 1. The Morgan fingerprint density at radius 3 is 2.74 bits per heavy atom. The molecule has 2 saturated carbocycles. The Bertz CT molecular complexity index is 1020. The number of hydrogen-bond donors (Lipinski definition) is 2. The van der Waals surface area contributed by atoms with Crippen LogP contribution in [0, 0.1) is 18.3 Å². The first-order chi connectivity index (χ1) is 14.6. The molecule has 0 spiro atoms. The summed E-state index contributed by atoms with van der Waals surface area (Å²) < 4.78 is 28.3. The quantitative estimate of drug-likeness (QED) is 0.729. The Labute approximate surface area is 180 Å². The van der Waals surface area contributed by atoms with Gasteiger partial charge in [0.2, 0.25) is 11.8 Å². The highest BCUT2D eigenvalue weighted by Gasteiger charge is 2.53. The van der Waals surface area contributed by atoms with Crippen LogP contribution in [0.25, 0.3) is 0 Å². The van der Waals surface area contributed by atoms with Gasteiger partial charge in [-0.1, -0.05) is 6.92 Å². The Morgan fingerprint density at radius 2 is 2.06 bits per heavy atom. The molecule has 2 aliphatic carbocycles. The van der Waals surface area contributed by atoms with E-state index in [1.807, 2.05) is 33.2 Å². The third-order valence-electron chi connectivity index (χ3n) is 6.64. The molecule has 3 aliphatic rings. The lowest BCUT2D eigenvalue weighted by atomic mass is 9.67. The lowest BCUT2D eigenvalue weighted by molar-refractivity contribution is -0.159. The SMILES string of the molecule is Cc1nc(NCc2cnn(CC3(C)CC(F)(F)C3)c2)cc2c1NC(=O)C(C1CC1)N2C. The second-order valence-electron chi connectivity index (χ2n) is 9.79. The molecule has 1 amide bonds. The average Bonchev–Trinajstić information content (AvgIpc) is 3.38. The average molecular weight is 431 g/mol. The molecule has 2 aromatic rings. The molecule has 2 aromatic heterocycles. The van der Waals surface area contributed by atoms with Gasteiger partial charge in [-0.05, 0) is 31.1 Å². The minimum atomic E-state index is -2.53. The van der Waals surface area contributed by atoms with Crippen molar-refractivity contribution in [2.45, 2.75) is 64.6 Å². The van der Waals surface area contributed by atoms with Crippen LogP contribution >= 0.6 is 0 Å². The molecule has 1 unspecified atom stereocenters. The van der Waals surface area contributed by atoms with Crippen molar-refractivity contribution in [2.24, 2.45) is 11.3 Å². The van der Waals surface area contributed by atoms with Crippen LogP contribution in [0.1, 0.15) is 43.9 Å². The van der Waals surface area contributed by atoms with Crippen LogP contribution in [0.3, 0.4) is 0 Å². The Morgan fingerprint density at radius 1 is 1.32 bits per heavy atom. The van der Waals surface area contributed by atoms with E-state index in [1.165, 1.54) is 0 Å². The summed E-state index contributed by atoms with van der Waals surface area (Å²) in [5.41, 5.74) is 3.08. The Hall–Kier alpha value is -2.71. The molecule has 3 heterocycles. The van der Waals surface area contributed by atoms with Gasteiger partial charge in [0.25, 0.3) is 0 Å². The number of aryl methyl sites for hydroxylation is 1. The van der Waals surface area contributed by atoms with Crippen molar-refractivity contribution in [3.63, 3.8) is 0 Å². The van der Waals surface area contributed by atoms with Crippen molar-refractivity contribution < 1.29 is 13.6 Å². The topological polar surface area (TPSA) is 75.1 Å². The van der Waals surface area contributed by atoms with Gasteiger partial charge in [-0.15, -0.1) is 0 Å². The van der Waals surface area contributed by atoms with Crippen molar-refractivity contribution in [1.82, 2.24) is 14.8 Å². The predicted octanol–water partition coefficient (Wildman–Crippen LogP) is 3.80. The van der Waals surface area contributed by atoms with E-state index >= 15 is 0 Å². The monoisotopic (exact) mass is 430 g/mol. The Balaban J connectivity index is 1.26. The first kappa shape index (κ1) is 20.2. The van der Waals surface area contributed by atoms with Crippen LogP contribution in [0.2, 0.25) is 0 Å². The molecule has 0 saturated heterocycles. The molecule has 2 fully saturated rings. The highest BCUT2D eigenvalue weighted by atomic mass is 19.3. The van der Waals surface area contributed by atoms with Crippen molar-refractivity contribution in [3.05, 3.63) is 29.7 Å². The first-order valence-corrected chi connectivity index (χ1v) is 10.8. The van der Waals surface area contributed by atoms with Gasteiger partial charge in [-0.3, -0.25) is 9.48 Å². The van der Waals surface area contributed by atoms with Crippen LogP contribution < -0.4 is 15.5 Å². The van der Waals surface area contributed by atoms with Gasteiger partial charge in [0.15, 0.2) is 0 Å². The van der Waals surface area contributed by atoms with Crippen molar-refractivity contribution in [3.8, 4) is 0 Å². The molecule has 0 radical (unpaired) electrons. The molecule has 166 valence electrons. The molecule has 5 rings (SSSR count). The molecule has 31 heavy (non-hydrogen) atoms. The zero-order valence-electron chi connectivity index (χ0n) is 18.1. The molecular weight excluding hydrogens is 402 g/mol. The number of nitrogens with one attached hydrogen (secondary N) is 2. The molecule has 1 aliphatic heterocycles. The molecular formula is C22H28F2N6O. The smallest absolute Gasteiger partial charge is 0.249 e. The number of anilines is 3. The number of likely N-dealkylation sites (N-methyl/N-ethyl adjacent to an activating group) is 1. The zero-order chi connectivity index (χ0) is 22.0. The lowest BCUT2D eigenvalue weighted by Crippen LogP contribution is -2.47. The summed E-state index contributed by atoms with van der Waals surface area (Å²) >= 11 is 0. The van der Waals surface area contributed by atoms with Crippen LogP contribution in [0.15, 0.2) is 18.5 Å².